The molecule has 0 saturated heterocycles. The molecule has 212 valence electrons. The van der Waals surface area contributed by atoms with Crippen molar-refractivity contribution in [1.82, 2.24) is 9.97 Å². The van der Waals surface area contributed by atoms with Crippen molar-refractivity contribution < 1.29 is 0 Å². The Kier molecular flexibility index (Phi) is 8.01. The van der Waals surface area contributed by atoms with Crippen molar-refractivity contribution in [2.45, 2.75) is 69.2 Å². The zero-order chi connectivity index (χ0) is 30.3. The molecule has 2 heteroatoms. The predicted octanol–water partition coefficient (Wildman–Crippen LogP) is 10.9. The van der Waals surface area contributed by atoms with Gasteiger partial charge in [0.15, 0.2) is 0 Å². The molecular weight excluding hydrogens is 508 g/mol. The van der Waals surface area contributed by atoms with Gasteiger partial charge in [-0.3, -0.25) is 9.97 Å². The Labute approximate surface area is 251 Å². The number of rotatable bonds is 2. The van der Waals surface area contributed by atoms with Crippen LogP contribution in [0, 0.1) is 69.2 Å². The molecule has 0 aliphatic carbocycles. The van der Waals surface area contributed by atoms with Crippen LogP contribution in [0.15, 0.2) is 73.1 Å². The second-order valence-electron chi connectivity index (χ2n) is 12.2. The number of benzene rings is 4. The van der Waals surface area contributed by atoms with E-state index < -0.39 is 0 Å². The molecule has 0 N–H and O–H groups in total. The highest BCUT2D eigenvalue weighted by molar-refractivity contribution is 5.98. The minimum atomic E-state index is 1.09. The minimum absolute atomic E-state index is 1.09. The molecule has 0 atom stereocenters. The highest BCUT2D eigenvalue weighted by atomic mass is 14.7. The summed E-state index contributed by atoms with van der Waals surface area (Å²) in [6, 6.07) is 22.3. The molecule has 42 heavy (non-hydrogen) atoms. The summed E-state index contributed by atoms with van der Waals surface area (Å²) in [5.74, 6) is 0. The minimum Gasteiger partial charge on any atom is -0.255 e. The van der Waals surface area contributed by atoms with Gasteiger partial charge in [-0.1, -0.05) is 41.5 Å². The fraction of sp³-hybridized carbons (Fsp3) is 0.250. The number of aryl methyl sites for hydroxylation is 9. The number of fused-ring (bicyclic) bond motifs is 2. The van der Waals surface area contributed by atoms with Gasteiger partial charge in [0.2, 0.25) is 0 Å². The van der Waals surface area contributed by atoms with Crippen molar-refractivity contribution in [3.63, 3.8) is 0 Å². The zero-order valence-corrected chi connectivity index (χ0v) is 26.8. The lowest BCUT2D eigenvalue weighted by Crippen LogP contribution is -1.94. The molecular formula is C40H42N2. The molecule has 0 bridgehead atoms. The number of aromatic nitrogens is 2. The third-order valence-electron chi connectivity index (χ3n) is 8.78. The standard InChI is InChI=1S/2C20H21N/c1-12-6-7-18-15(4)11-21-20(19(18)8-12)17-9-13(2)16(5)14(3)10-17;1-12-6-7-17-16(5)11-21-20(19(17)8-12)18-10-14(3)13(2)9-15(18)4/h2*6-11H,1-5H3. The van der Waals surface area contributed by atoms with Crippen LogP contribution in [0.5, 0.6) is 0 Å². The summed E-state index contributed by atoms with van der Waals surface area (Å²) in [6.07, 6.45) is 3.97. The summed E-state index contributed by atoms with van der Waals surface area (Å²) >= 11 is 0. The predicted molar refractivity (Wildman–Crippen MR) is 182 cm³/mol. The average Bonchev–Trinajstić information content (AvgIpc) is 2.94. The number of hydrogen-bond donors (Lipinski definition) is 0. The van der Waals surface area contributed by atoms with Gasteiger partial charge >= 0.3 is 0 Å². The van der Waals surface area contributed by atoms with Crippen LogP contribution in [0.2, 0.25) is 0 Å². The quantitative estimate of drug-likeness (QED) is 0.214. The van der Waals surface area contributed by atoms with Gasteiger partial charge in [-0.2, -0.15) is 0 Å². The van der Waals surface area contributed by atoms with Crippen LogP contribution >= 0.6 is 0 Å². The van der Waals surface area contributed by atoms with Crippen molar-refractivity contribution in [3.8, 4) is 22.5 Å². The molecule has 0 aliphatic heterocycles. The van der Waals surface area contributed by atoms with Crippen LogP contribution in [0.25, 0.3) is 44.1 Å². The van der Waals surface area contributed by atoms with Crippen molar-refractivity contribution in [2.75, 3.05) is 0 Å². The van der Waals surface area contributed by atoms with E-state index in [9.17, 15) is 0 Å². The number of nitrogens with zero attached hydrogens (tertiary/aromatic N) is 2. The first-order valence-electron chi connectivity index (χ1n) is 14.8. The average molecular weight is 551 g/mol. The largest absolute Gasteiger partial charge is 0.255 e. The summed E-state index contributed by atoms with van der Waals surface area (Å²) in [7, 11) is 0. The molecule has 0 spiro atoms. The Morgan fingerprint density at radius 2 is 0.857 bits per heavy atom. The summed E-state index contributed by atoms with van der Waals surface area (Å²) in [5, 5.41) is 5.09. The van der Waals surface area contributed by atoms with Gasteiger partial charge in [-0.05, 0) is 155 Å². The molecule has 2 heterocycles. The first-order chi connectivity index (χ1) is 19.9. The van der Waals surface area contributed by atoms with Crippen LogP contribution < -0.4 is 0 Å². The monoisotopic (exact) mass is 550 g/mol. The second-order valence-corrected chi connectivity index (χ2v) is 12.2. The fourth-order valence-electron chi connectivity index (χ4n) is 5.83. The van der Waals surface area contributed by atoms with Crippen molar-refractivity contribution in [3.05, 3.63) is 129 Å². The molecule has 0 saturated carbocycles. The maximum absolute atomic E-state index is 4.75. The lowest BCUT2D eigenvalue weighted by Gasteiger charge is -2.13. The van der Waals surface area contributed by atoms with E-state index in [1.54, 1.807) is 0 Å². The van der Waals surface area contributed by atoms with Gasteiger partial charge in [0.25, 0.3) is 0 Å². The van der Waals surface area contributed by atoms with E-state index in [0.29, 0.717) is 0 Å². The third-order valence-corrected chi connectivity index (χ3v) is 8.78. The molecule has 6 rings (SSSR count). The SMILES string of the molecule is Cc1ccc2c(C)cnc(-c3cc(C)c(C)c(C)c3)c2c1.Cc1ccc2c(C)cnc(-c3cc(C)c(C)cc3C)c2c1. The summed E-state index contributed by atoms with van der Waals surface area (Å²) in [6.45, 7) is 21.6. The van der Waals surface area contributed by atoms with Crippen LogP contribution in [0.4, 0.5) is 0 Å². The van der Waals surface area contributed by atoms with Crippen molar-refractivity contribution >= 4 is 21.5 Å². The maximum atomic E-state index is 4.75. The Hall–Kier alpha value is -4.30. The Balaban J connectivity index is 0.000000168. The van der Waals surface area contributed by atoms with E-state index in [1.165, 1.54) is 88.3 Å². The Morgan fingerprint density at radius 1 is 0.381 bits per heavy atom. The third kappa shape index (κ3) is 5.59. The van der Waals surface area contributed by atoms with Gasteiger partial charge in [-0.15, -0.1) is 0 Å². The summed E-state index contributed by atoms with van der Waals surface area (Å²) < 4.78 is 0. The van der Waals surface area contributed by atoms with E-state index in [1.807, 2.05) is 12.4 Å². The molecule has 0 amide bonds. The molecule has 0 radical (unpaired) electrons. The van der Waals surface area contributed by atoms with Crippen LogP contribution in [-0.2, 0) is 0 Å². The van der Waals surface area contributed by atoms with Gasteiger partial charge in [-0.25, -0.2) is 0 Å². The molecule has 0 aliphatic rings. The Morgan fingerprint density at radius 3 is 1.40 bits per heavy atom. The topological polar surface area (TPSA) is 25.8 Å². The number of hydrogen-bond acceptors (Lipinski definition) is 2. The van der Waals surface area contributed by atoms with Gasteiger partial charge in [0.1, 0.15) is 0 Å². The lowest BCUT2D eigenvalue weighted by atomic mass is 9.94. The molecule has 2 nitrogen and oxygen atoms in total. The molecule has 6 aromatic rings. The molecule has 0 fully saturated rings. The van der Waals surface area contributed by atoms with E-state index in [2.05, 4.69) is 130 Å². The van der Waals surface area contributed by atoms with Crippen LogP contribution in [0.1, 0.15) is 55.6 Å². The first-order valence-corrected chi connectivity index (χ1v) is 14.8. The summed E-state index contributed by atoms with van der Waals surface area (Å²) in [4.78, 5) is 9.48. The zero-order valence-electron chi connectivity index (χ0n) is 26.8. The van der Waals surface area contributed by atoms with Crippen LogP contribution in [-0.4, -0.2) is 9.97 Å². The second kappa shape index (κ2) is 11.5. The smallest absolute Gasteiger partial charge is 0.0783 e. The van der Waals surface area contributed by atoms with Crippen molar-refractivity contribution in [1.29, 1.82) is 0 Å². The van der Waals surface area contributed by atoms with E-state index in [0.717, 1.165) is 11.4 Å². The highest BCUT2D eigenvalue weighted by Crippen LogP contribution is 2.33. The molecule has 4 aromatic carbocycles. The van der Waals surface area contributed by atoms with Gasteiger partial charge < -0.3 is 0 Å². The Bertz CT molecular complexity index is 1950. The van der Waals surface area contributed by atoms with Gasteiger partial charge in [0, 0.05) is 34.3 Å². The van der Waals surface area contributed by atoms with E-state index >= 15 is 0 Å². The van der Waals surface area contributed by atoms with E-state index in [4.69, 9.17) is 9.97 Å². The first kappa shape index (κ1) is 29.2. The maximum Gasteiger partial charge on any atom is 0.0783 e. The molecule has 0 unspecified atom stereocenters. The lowest BCUT2D eigenvalue weighted by molar-refractivity contribution is 1.25. The highest BCUT2D eigenvalue weighted by Gasteiger charge is 2.12. The normalized spacial score (nSPS) is 11.1. The summed E-state index contributed by atoms with van der Waals surface area (Å²) in [5.41, 5.74) is 17.6. The fourth-order valence-corrected chi connectivity index (χ4v) is 5.83. The van der Waals surface area contributed by atoms with Gasteiger partial charge in [0.05, 0.1) is 11.4 Å². The number of pyridine rings is 2. The van der Waals surface area contributed by atoms with Crippen LogP contribution in [0.3, 0.4) is 0 Å². The molecule has 2 aromatic heterocycles. The van der Waals surface area contributed by atoms with Crippen molar-refractivity contribution in [2.24, 2.45) is 0 Å². The van der Waals surface area contributed by atoms with E-state index in [-0.39, 0.29) is 0 Å².